The van der Waals surface area contributed by atoms with Crippen LogP contribution in [0.1, 0.15) is 29.8 Å². The van der Waals surface area contributed by atoms with Gasteiger partial charge in [-0.05, 0) is 32.0 Å². The van der Waals surface area contributed by atoms with Gasteiger partial charge in [-0.25, -0.2) is 0 Å². The summed E-state index contributed by atoms with van der Waals surface area (Å²) in [6, 6.07) is 4.69. The molecule has 1 aliphatic heterocycles. The fourth-order valence-corrected chi connectivity index (χ4v) is 1.79. The number of hydrogen-bond donors (Lipinski definition) is 1. The van der Waals surface area contributed by atoms with E-state index < -0.39 is 5.79 Å². The summed E-state index contributed by atoms with van der Waals surface area (Å²) < 4.78 is 10.9. The zero-order chi connectivity index (χ0) is 11.8. The SMILES string of the molecule is CC(=O)c1ccc(O)c(C2(C)OCCO2)c1. The zero-order valence-electron chi connectivity index (χ0n) is 9.32. The van der Waals surface area contributed by atoms with Gasteiger partial charge in [0.15, 0.2) is 11.6 Å². The molecule has 1 N–H and O–H groups in total. The van der Waals surface area contributed by atoms with Gasteiger partial charge in [0.2, 0.25) is 0 Å². The summed E-state index contributed by atoms with van der Waals surface area (Å²) in [5.74, 6) is -0.924. The molecule has 0 bridgehead atoms. The molecule has 1 fully saturated rings. The topological polar surface area (TPSA) is 55.8 Å². The molecule has 86 valence electrons. The molecular weight excluding hydrogens is 208 g/mol. The number of phenols is 1. The minimum atomic E-state index is -0.949. The Morgan fingerprint density at radius 1 is 1.38 bits per heavy atom. The van der Waals surface area contributed by atoms with Crippen LogP contribution in [0.4, 0.5) is 0 Å². The van der Waals surface area contributed by atoms with Crippen LogP contribution in [0.15, 0.2) is 18.2 Å². The zero-order valence-corrected chi connectivity index (χ0v) is 9.32. The van der Waals surface area contributed by atoms with E-state index in [1.807, 2.05) is 0 Å². The van der Waals surface area contributed by atoms with Crippen LogP contribution in [-0.2, 0) is 15.3 Å². The van der Waals surface area contributed by atoms with Gasteiger partial charge >= 0.3 is 0 Å². The average molecular weight is 222 g/mol. The van der Waals surface area contributed by atoms with Gasteiger partial charge in [0.1, 0.15) is 5.75 Å². The van der Waals surface area contributed by atoms with Gasteiger partial charge < -0.3 is 14.6 Å². The van der Waals surface area contributed by atoms with Crippen LogP contribution in [0.3, 0.4) is 0 Å². The molecule has 0 aliphatic carbocycles. The van der Waals surface area contributed by atoms with Crippen molar-refractivity contribution in [3.8, 4) is 5.75 Å². The van der Waals surface area contributed by atoms with Crippen molar-refractivity contribution >= 4 is 5.78 Å². The van der Waals surface area contributed by atoms with E-state index in [1.54, 1.807) is 19.1 Å². The number of benzene rings is 1. The first-order valence-electron chi connectivity index (χ1n) is 5.15. The lowest BCUT2D eigenvalue weighted by Crippen LogP contribution is -2.22. The van der Waals surface area contributed by atoms with E-state index in [0.717, 1.165) is 0 Å². The number of ether oxygens (including phenoxy) is 2. The van der Waals surface area contributed by atoms with E-state index in [2.05, 4.69) is 0 Å². The number of carbonyl (C=O) groups is 1. The molecule has 1 aromatic carbocycles. The number of rotatable bonds is 2. The Morgan fingerprint density at radius 3 is 2.56 bits per heavy atom. The van der Waals surface area contributed by atoms with Crippen LogP contribution in [0.5, 0.6) is 5.75 Å². The largest absolute Gasteiger partial charge is 0.507 e. The number of Topliss-reactive ketones (excluding diaryl/α,β-unsaturated/α-hetero) is 1. The third kappa shape index (κ3) is 1.81. The number of hydrogen-bond acceptors (Lipinski definition) is 4. The highest BCUT2D eigenvalue weighted by Gasteiger charge is 2.35. The summed E-state index contributed by atoms with van der Waals surface area (Å²) in [6.45, 7) is 4.19. The first-order chi connectivity index (χ1) is 7.53. The second kappa shape index (κ2) is 3.88. The predicted octanol–water partition coefficient (Wildman–Crippen LogP) is 1.81. The van der Waals surface area contributed by atoms with Crippen LogP contribution in [0, 0.1) is 0 Å². The molecule has 4 heteroatoms. The van der Waals surface area contributed by atoms with E-state index in [1.165, 1.54) is 13.0 Å². The normalized spacial score (nSPS) is 18.6. The lowest BCUT2D eigenvalue weighted by Gasteiger charge is -2.23. The molecule has 1 aliphatic rings. The van der Waals surface area contributed by atoms with Crippen molar-refractivity contribution in [2.45, 2.75) is 19.6 Å². The van der Waals surface area contributed by atoms with E-state index in [-0.39, 0.29) is 11.5 Å². The lowest BCUT2D eigenvalue weighted by molar-refractivity contribution is -0.150. The van der Waals surface area contributed by atoms with Crippen molar-refractivity contribution in [2.75, 3.05) is 13.2 Å². The van der Waals surface area contributed by atoms with Crippen LogP contribution in [-0.4, -0.2) is 24.1 Å². The van der Waals surface area contributed by atoms with E-state index in [9.17, 15) is 9.90 Å². The highest BCUT2D eigenvalue weighted by Crippen LogP contribution is 2.36. The van der Waals surface area contributed by atoms with Crippen molar-refractivity contribution in [1.29, 1.82) is 0 Å². The van der Waals surface area contributed by atoms with Gasteiger partial charge in [-0.3, -0.25) is 4.79 Å². The molecular formula is C12H14O4. The molecule has 0 spiro atoms. The Hall–Kier alpha value is -1.39. The summed E-state index contributed by atoms with van der Waals surface area (Å²) in [4.78, 5) is 11.3. The molecule has 0 aromatic heterocycles. The summed E-state index contributed by atoms with van der Waals surface area (Å²) in [7, 11) is 0. The molecule has 0 amide bonds. The Morgan fingerprint density at radius 2 is 2.00 bits per heavy atom. The van der Waals surface area contributed by atoms with E-state index in [4.69, 9.17) is 9.47 Å². The molecule has 16 heavy (non-hydrogen) atoms. The maximum atomic E-state index is 11.3. The Bertz CT molecular complexity index is 419. The second-order valence-electron chi connectivity index (χ2n) is 3.93. The van der Waals surface area contributed by atoms with Gasteiger partial charge in [-0.1, -0.05) is 0 Å². The lowest BCUT2D eigenvalue weighted by atomic mass is 10.0. The summed E-state index contributed by atoms with van der Waals surface area (Å²) in [6.07, 6.45) is 0. The maximum Gasteiger partial charge on any atom is 0.195 e. The standard InChI is InChI=1S/C12H14O4/c1-8(13)9-3-4-11(14)10(7-9)12(2)15-5-6-16-12/h3-4,7,14H,5-6H2,1-2H3. The van der Waals surface area contributed by atoms with Crippen molar-refractivity contribution in [2.24, 2.45) is 0 Å². The van der Waals surface area contributed by atoms with E-state index >= 15 is 0 Å². The number of carbonyl (C=O) groups excluding carboxylic acids is 1. The Kier molecular flexibility index (Phi) is 2.69. The van der Waals surface area contributed by atoms with Crippen LogP contribution < -0.4 is 0 Å². The molecule has 1 saturated heterocycles. The van der Waals surface area contributed by atoms with Crippen molar-refractivity contribution < 1.29 is 19.4 Å². The fraction of sp³-hybridized carbons (Fsp3) is 0.417. The van der Waals surface area contributed by atoms with Crippen molar-refractivity contribution in [1.82, 2.24) is 0 Å². The summed E-state index contributed by atoms with van der Waals surface area (Å²) in [5.41, 5.74) is 1.03. The smallest absolute Gasteiger partial charge is 0.195 e. The highest BCUT2D eigenvalue weighted by molar-refractivity contribution is 5.94. The number of aromatic hydroxyl groups is 1. The molecule has 0 atom stereocenters. The first-order valence-corrected chi connectivity index (χ1v) is 5.15. The Balaban J connectivity index is 2.46. The van der Waals surface area contributed by atoms with E-state index in [0.29, 0.717) is 24.3 Å². The maximum absolute atomic E-state index is 11.3. The Labute approximate surface area is 93.8 Å². The van der Waals surface area contributed by atoms with Gasteiger partial charge in [-0.15, -0.1) is 0 Å². The predicted molar refractivity (Wildman–Crippen MR) is 57.4 cm³/mol. The number of phenolic OH excluding ortho intramolecular Hbond substituents is 1. The number of ketones is 1. The van der Waals surface area contributed by atoms with Gasteiger partial charge in [0.05, 0.1) is 18.8 Å². The van der Waals surface area contributed by atoms with Gasteiger partial charge in [0, 0.05) is 5.56 Å². The minimum absolute atomic E-state index is 0.0529. The third-order valence-electron chi connectivity index (χ3n) is 2.73. The van der Waals surface area contributed by atoms with Crippen LogP contribution >= 0.6 is 0 Å². The molecule has 0 radical (unpaired) electrons. The minimum Gasteiger partial charge on any atom is -0.507 e. The molecule has 4 nitrogen and oxygen atoms in total. The fourth-order valence-electron chi connectivity index (χ4n) is 1.79. The molecule has 0 saturated carbocycles. The summed E-state index contributed by atoms with van der Waals surface area (Å²) >= 11 is 0. The van der Waals surface area contributed by atoms with Crippen LogP contribution in [0.2, 0.25) is 0 Å². The molecule has 1 aromatic rings. The van der Waals surface area contributed by atoms with Gasteiger partial charge in [-0.2, -0.15) is 0 Å². The quantitative estimate of drug-likeness (QED) is 0.775. The summed E-state index contributed by atoms with van der Waals surface area (Å²) in [5, 5.41) is 9.77. The third-order valence-corrected chi connectivity index (χ3v) is 2.73. The van der Waals surface area contributed by atoms with Crippen molar-refractivity contribution in [3.63, 3.8) is 0 Å². The monoisotopic (exact) mass is 222 g/mol. The molecule has 2 rings (SSSR count). The highest BCUT2D eigenvalue weighted by atomic mass is 16.7. The average Bonchev–Trinajstić information content (AvgIpc) is 2.66. The molecule has 1 heterocycles. The van der Waals surface area contributed by atoms with Crippen LogP contribution in [0.25, 0.3) is 0 Å². The van der Waals surface area contributed by atoms with Gasteiger partial charge in [0.25, 0.3) is 0 Å². The first kappa shape index (κ1) is 11.1. The second-order valence-corrected chi connectivity index (χ2v) is 3.93. The van der Waals surface area contributed by atoms with Crippen molar-refractivity contribution in [3.05, 3.63) is 29.3 Å². The molecule has 0 unspecified atom stereocenters.